The number of rotatable bonds is 4. The third kappa shape index (κ3) is 3.58. The summed E-state index contributed by atoms with van der Waals surface area (Å²) in [6.45, 7) is 6.16. The molecule has 0 aromatic rings. The van der Waals surface area contributed by atoms with E-state index in [1.165, 1.54) is 0 Å². The van der Waals surface area contributed by atoms with Crippen molar-refractivity contribution >= 4 is 5.78 Å². The number of hydrogen-bond donors (Lipinski definition) is 1. The van der Waals surface area contributed by atoms with Gasteiger partial charge in [-0.05, 0) is 33.0 Å². The molecule has 1 rings (SSSR count). The molecule has 0 bridgehead atoms. The van der Waals surface area contributed by atoms with E-state index in [0.29, 0.717) is 17.7 Å². The van der Waals surface area contributed by atoms with E-state index in [9.17, 15) is 4.79 Å². The molecule has 1 aliphatic heterocycles. The maximum absolute atomic E-state index is 11.7. The maximum atomic E-state index is 11.7. The smallest absolute Gasteiger partial charge is 0.135 e. The maximum Gasteiger partial charge on any atom is 0.135 e. The van der Waals surface area contributed by atoms with Gasteiger partial charge in [-0.15, -0.1) is 0 Å². The van der Waals surface area contributed by atoms with Crippen molar-refractivity contribution in [3.05, 3.63) is 0 Å². The average Bonchev–Trinajstić information content (AvgIpc) is 2.20. The van der Waals surface area contributed by atoms with E-state index in [4.69, 9.17) is 0 Å². The van der Waals surface area contributed by atoms with Crippen LogP contribution in [0.2, 0.25) is 0 Å². The summed E-state index contributed by atoms with van der Waals surface area (Å²) >= 11 is 0. The molecular weight excluding hydrogens is 188 g/mol. The summed E-state index contributed by atoms with van der Waals surface area (Å²) in [6.07, 6.45) is 1.89. The van der Waals surface area contributed by atoms with Crippen LogP contribution in [0.1, 0.15) is 26.7 Å². The standard InChI is InChI=1S/C12H24N2O/c1-9(2)12(15)7-10-5-6-14(4)8-11(10)13-3/h9-11,13H,5-8H2,1-4H3. The topological polar surface area (TPSA) is 32.3 Å². The van der Waals surface area contributed by atoms with Crippen molar-refractivity contribution in [2.45, 2.75) is 32.7 Å². The predicted octanol–water partition coefficient (Wildman–Crippen LogP) is 1.14. The van der Waals surface area contributed by atoms with E-state index >= 15 is 0 Å². The Labute approximate surface area is 93.2 Å². The lowest BCUT2D eigenvalue weighted by Gasteiger charge is -2.36. The lowest BCUT2D eigenvalue weighted by atomic mass is 9.85. The third-order valence-corrected chi connectivity index (χ3v) is 3.44. The zero-order valence-corrected chi connectivity index (χ0v) is 10.4. The van der Waals surface area contributed by atoms with Gasteiger partial charge in [-0.1, -0.05) is 13.8 Å². The second kappa shape index (κ2) is 5.61. The summed E-state index contributed by atoms with van der Waals surface area (Å²) in [7, 11) is 4.14. The van der Waals surface area contributed by atoms with Gasteiger partial charge in [0.1, 0.15) is 5.78 Å². The molecule has 1 N–H and O–H groups in total. The summed E-state index contributed by atoms with van der Waals surface area (Å²) in [5.74, 6) is 1.12. The minimum atomic E-state index is 0.183. The van der Waals surface area contributed by atoms with Gasteiger partial charge in [0.25, 0.3) is 0 Å². The summed E-state index contributed by atoms with van der Waals surface area (Å²) in [5, 5.41) is 3.33. The fourth-order valence-electron chi connectivity index (χ4n) is 2.23. The van der Waals surface area contributed by atoms with E-state index in [0.717, 1.165) is 25.9 Å². The highest BCUT2D eigenvalue weighted by Crippen LogP contribution is 2.21. The number of carbonyl (C=O) groups is 1. The molecule has 0 aromatic heterocycles. The molecule has 0 amide bonds. The van der Waals surface area contributed by atoms with Crippen LogP contribution in [0.4, 0.5) is 0 Å². The highest BCUT2D eigenvalue weighted by Gasteiger charge is 2.28. The lowest BCUT2D eigenvalue weighted by molar-refractivity contribution is -0.123. The summed E-state index contributed by atoms with van der Waals surface area (Å²) in [5.41, 5.74) is 0. The first-order chi connectivity index (χ1) is 7.04. The van der Waals surface area contributed by atoms with Crippen LogP contribution >= 0.6 is 0 Å². The van der Waals surface area contributed by atoms with Gasteiger partial charge in [0.2, 0.25) is 0 Å². The van der Waals surface area contributed by atoms with Gasteiger partial charge in [-0.3, -0.25) is 4.79 Å². The summed E-state index contributed by atoms with van der Waals surface area (Å²) in [6, 6.07) is 0.478. The molecule has 1 aliphatic rings. The summed E-state index contributed by atoms with van der Waals surface area (Å²) < 4.78 is 0. The minimum absolute atomic E-state index is 0.183. The molecule has 2 atom stereocenters. The molecule has 15 heavy (non-hydrogen) atoms. The largest absolute Gasteiger partial charge is 0.315 e. The fraction of sp³-hybridized carbons (Fsp3) is 0.917. The molecule has 3 heteroatoms. The van der Waals surface area contributed by atoms with Crippen molar-refractivity contribution in [1.29, 1.82) is 0 Å². The van der Waals surface area contributed by atoms with Crippen molar-refractivity contribution in [2.24, 2.45) is 11.8 Å². The van der Waals surface area contributed by atoms with Crippen molar-refractivity contribution < 1.29 is 4.79 Å². The van der Waals surface area contributed by atoms with Gasteiger partial charge >= 0.3 is 0 Å². The van der Waals surface area contributed by atoms with Crippen molar-refractivity contribution in [3.63, 3.8) is 0 Å². The lowest BCUT2D eigenvalue weighted by Crippen LogP contribution is -2.49. The van der Waals surface area contributed by atoms with Crippen LogP contribution in [-0.2, 0) is 4.79 Å². The second-order valence-corrected chi connectivity index (χ2v) is 5.03. The Bertz CT molecular complexity index is 216. The van der Waals surface area contributed by atoms with E-state index < -0.39 is 0 Å². The van der Waals surface area contributed by atoms with Gasteiger partial charge < -0.3 is 10.2 Å². The Morgan fingerprint density at radius 3 is 2.73 bits per heavy atom. The van der Waals surface area contributed by atoms with E-state index in [1.807, 2.05) is 20.9 Å². The number of likely N-dealkylation sites (tertiary alicyclic amines) is 1. The minimum Gasteiger partial charge on any atom is -0.315 e. The molecule has 0 saturated carbocycles. The quantitative estimate of drug-likeness (QED) is 0.758. The van der Waals surface area contributed by atoms with E-state index in [2.05, 4.69) is 17.3 Å². The number of nitrogens with one attached hydrogen (secondary N) is 1. The monoisotopic (exact) mass is 212 g/mol. The fourth-order valence-corrected chi connectivity index (χ4v) is 2.23. The number of Topliss-reactive ketones (excluding diaryl/α,β-unsaturated/α-hetero) is 1. The number of hydrogen-bond acceptors (Lipinski definition) is 3. The third-order valence-electron chi connectivity index (χ3n) is 3.44. The molecule has 0 aromatic carbocycles. The molecule has 2 unspecified atom stereocenters. The Balaban J connectivity index is 2.49. The van der Waals surface area contributed by atoms with Crippen LogP contribution < -0.4 is 5.32 Å². The Kier molecular flexibility index (Phi) is 4.74. The first-order valence-electron chi connectivity index (χ1n) is 5.93. The number of piperidine rings is 1. The highest BCUT2D eigenvalue weighted by atomic mass is 16.1. The number of nitrogens with zero attached hydrogens (tertiary/aromatic N) is 1. The number of likely N-dealkylation sites (N-methyl/N-ethyl adjacent to an activating group) is 2. The zero-order chi connectivity index (χ0) is 11.4. The zero-order valence-electron chi connectivity index (χ0n) is 10.4. The van der Waals surface area contributed by atoms with E-state index in [-0.39, 0.29) is 5.92 Å². The van der Waals surface area contributed by atoms with Crippen LogP contribution in [0.5, 0.6) is 0 Å². The molecule has 0 radical (unpaired) electrons. The Morgan fingerprint density at radius 2 is 2.20 bits per heavy atom. The van der Waals surface area contributed by atoms with Crippen LogP contribution in [-0.4, -0.2) is 43.9 Å². The van der Waals surface area contributed by atoms with Crippen LogP contribution in [0.25, 0.3) is 0 Å². The Morgan fingerprint density at radius 1 is 1.53 bits per heavy atom. The first kappa shape index (κ1) is 12.7. The normalized spacial score (nSPS) is 28.3. The number of carbonyl (C=O) groups excluding carboxylic acids is 1. The molecule has 1 heterocycles. The average molecular weight is 212 g/mol. The van der Waals surface area contributed by atoms with Gasteiger partial charge in [-0.25, -0.2) is 0 Å². The van der Waals surface area contributed by atoms with Crippen molar-refractivity contribution in [1.82, 2.24) is 10.2 Å². The van der Waals surface area contributed by atoms with Gasteiger partial charge in [0.15, 0.2) is 0 Å². The molecule has 1 fully saturated rings. The molecule has 88 valence electrons. The summed E-state index contributed by atoms with van der Waals surface area (Å²) in [4.78, 5) is 14.0. The van der Waals surface area contributed by atoms with Crippen molar-refractivity contribution in [3.8, 4) is 0 Å². The van der Waals surface area contributed by atoms with Crippen LogP contribution in [0.15, 0.2) is 0 Å². The molecule has 3 nitrogen and oxygen atoms in total. The molecule has 1 saturated heterocycles. The molecule has 0 aliphatic carbocycles. The first-order valence-corrected chi connectivity index (χ1v) is 5.93. The van der Waals surface area contributed by atoms with E-state index in [1.54, 1.807) is 0 Å². The molecule has 0 spiro atoms. The second-order valence-electron chi connectivity index (χ2n) is 5.03. The Hall–Kier alpha value is -0.410. The SMILES string of the molecule is CNC1CN(C)CCC1CC(=O)C(C)C. The van der Waals surface area contributed by atoms with Gasteiger partial charge in [-0.2, -0.15) is 0 Å². The van der Waals surface area contributed by atoms with Crippen molar-refractivity contribution in [2.75, 3.05) is 27.2 Å². The number of ketones is 1. The highest BCUT2D eigenvalue weighted by molar-refractivity contribution is 5.80. The van der Waals surface area contributed by atoms with Gasteiger partial charge in [0.05, 0.1) is 0 Å². The van der Waals surface area contributed by atoms with Crippen LogP contribution in [0, 0.1) is 11.8 Å². The predicted molar refractivity (Wildman–Crippen MR) is 62.9 cm³/mol. The van der Waals surface area contributed by atoms with Crippen LogP contribution in [0.3, 0.4) is 0 Å². The van der Waals surface area contributed by atoms with Gasteiger partial charge in [0, 0.05) is 24.9 Å². The molecular formula is C12H24N2O.